The summed E-state index contributed by atoms with van der Waals surface area (Å²) in [7, 11) is 1.44. The maximum atomic E-state index is 12.2. The first-order chi connectivity index (χ1) is 12.0. The average Bonchev–Trinajstić information content (AvgIpc) is 2.62. The third kappa shape index (κ3) is 5.10. The second-order valence-electron chi connectivity index (χ2n) is 5.21. The Kier molecular flexibility index (Phi) is 6.61. The summed E-state index contributed by atoms with van der Waals surface area (Å²) in [5, 5.41) is 21.8. The van der Waals surface area contributed by atoms with Gasteiger partial charge in [0.05, 0.1) is 7.11 Å². The van der Waals surface area contributed by atoms with Gasteiger partial charge in [-0.05, 0) is 35.8 Å². The molecular formula is C19H17BrN2O3. The number of benzene rings is 2. The molecule has 6 heteroatoms. The normalized spacial score (nSPS) is 10.8. The number of hydrogen-bond acceptors (Lipinski definition) is 4. The summed E-state index contributed by atoms with van der Waals surface area (Å²) in [6, 6.07) is 14.6. The van der Waals surface area contributed by atoms with Crippen molar-refractivity contribution in [1.82, 2.24) is 5.32 Å². The van der Waals surface area contributed by atoms with E-state index in [0.29, 0.717) is 28.8 Å². The van der Waals surface area contributed by atoms with Gasteiger partial charge in [0, 0.05) is 11.0 Å². The van der Waals surface area contributed by atoms with E-state index in [9.17, 15) is 15.2 Å². The Bertz CT molecular complexity index is 827. The van der Waals surface area contributed by atoms with Gasteiger partial charge in [-0.15, -0.1) is 0 Å². The van der Waals surface area contributed by atoms with Gasteiger partial charge >= 0.3 is 0 Å². The molecule has 0 unspecified atom stereocenters. The molecule has 5 nitrogen and oxygen atoms in total. The van der Waals surface area contributed by atoms with Crippen LogP contribution in [-0.4, -0.2) is 24.7 Å². The van der Waals surface area contributed by atoms with E-state index < -0.39 is 5.91 Å². The lowest BCUT2D eigenvalue weighted by atomic mass is 10.1. The van der Waals surface area contributed by atoms with E-state index in [1.165, 1.54) is 19.3 Å². The minimum Gasteiger partial charge on any atom is -0.504 e. The topological polar surface area (TPSA) is 82.3 Å². The van der Waals surface area contributed by atoms with Gasteiger partial charge in [-0.3, -0.25) is 4.79 Å². The van der Waals surface area contributed by atoms with Gasteiger partial charge in [0.2, 0.25) is 0 Å². The fourth-order valence-electron chi connectivity index (χ4n) is 2.20. The van der Waals surface area contributed by atoms with Crippen molar-refractivity contribution in [1.29, 1.82) is 5.26 Å². The molecule has 0 atom stereocenters. The first kappa shape index (κ1) is 18.6. The van der Waals surface area contributed by atoms with Crippen molar-refractivity contribution in [2.24, 2.45) is 0 Å². The second-order valence-corrected chi connectivity index (χ2v) is 6.06. The van der Waals surface area contributed by atoms with E-state index >= 15 is 0 Å². The highest BCUT2D eigenvalue weighted by molar-refractivity contribution is 9.10. The lowest BCUT2D eigenvalue weighted by Crippen LogP contribution is -2.26. The molecule has 2 rings (SSSR count). The minimum atomic E-state index is -0.458. The van der Waals surface area contributed by atoms with Crippen LogP contribution in [-0.2, 0) is 11.2 Å². The summed E-state index contributed by atoms with van der Waals surface area (Å²) in [6.07, 6.45) is 2.10. The van der Waals surface area contributed by atoms with E-state index in [4.69, 9.17) is 4.74 Å². The predicted octanol–water partition coefficient (Wildman–Crippen LogP) is 3.43. The Morgan fingerprint density at radius 1 is 1.36 bits per heavy atom. The molecule has 0 aromatic heterocycles. The summed E-state index contributed by atoms with van der Waals surface area (Å²) in [5.41, 5.74) is 1.57. The lowest BCUT2D eigenvalue weighted by Gasteiger charge is -2.08. The molecule has 2 aromatic rings. The third-order valence-electron chi connectivity index (χ3n) is 3.51. The number of halogens is 1. The highest BCUT2D eigenvalue weighted by Gasteiger charge is 2.12. The van der Waals surface area contributed by atoms with Crippen LogP contribution >= 0.6 is 15.9 Å². The number of carbonyl (C=O) groups excluding carboxylic acids is 1. The molecule has 0 spiro atoms. The van der Waals surface area contributed by atoms with Crippen LogP contribution in [0.3, 0.4) is 0 Å². The van der Waals surface area contributed by atoms with Crippen LogP contribution in [0, 0.1) is 11.3 Å². The van der Waals surface area contributed by atoms with Crippen molar-refractivity contribution in [2.45, 2.75) is 6.42 Å². The number of phenols is 1. The van der Waals surface area contributed by atoms with Crippen LogP contribution in [0.2, 0.25) is 0 Å². The number of amides is 1. The standard InChI is InChI=1S/C19H17BrN2O3/c1-25-18-11-16(20)14(10-17(18)23)9-15(12-21)19(24)22-8-7-13-5-3-2-4-6-13/h2-6,9-11,23H,7-8H2,1H3,(H,22,24)/b15-9+. The van der Waals surface area contributed by atoms with Crippen molar-refractivity contribution in [3.05, 3.63) is 63.6 Å². The molecule has 0 saturated carbocycles. The number of nitriles is 1. The van der Waals surface area contributed by atoms with Crippen LogP contribution in [0.25, 0.3) is 6.08 Å². The quantitative estimate of drug-likeness (QED) is 0.574. The molecule has 0 aliphatic heterocycles. The number of rotatable bonds is 6. The molecule has 2 aromatic carbocycles. The molecule has 0 radical (unpaired) electrons. The highest BCUT2D eigenvalue weighted by atomic mass is 79.9. The largest absolute Gasteiger partial charge is 0.504 e. The molecule has 0 fully saturated rings. The van der Waals surface area contributed by atoms with Crippen LogP contribution in [0.5, 0.6) is 11.5 Å². The van der Waals surface area contributed by atoms with Crippen molar-refractivity contribution >= 4 is 27.9 Å². The zero-order valence-corrected chi connectivity index (χ0v) is 15.2. The Morgan fingerprint density at radius 3 is 2.72 bits per heavy atom. The minimum absolute atomic E-state index is 0.0432. The molecule has 25 heavy (non-hydrogen) atoms. The Labute approximate surface area is 154 Å². The second kappa shape index (κ2) is 8.90. The monoisotopic (exact) mass is 400 g/mol. The average molecular weight is 401 g/mol. The molecule has 128 valence electrons. The maximum Gasteiger partial charge on any atom is 0.261 e. The van der Waals surface area contributed by atoms with E-state index in [0.717, 1.165) is 5.56 Å². The van der Waals surface area contributed by atoms with Crippen LogP contribution in [0.4, 0.5) is 0 Å². The van der Waals surface area contributed by atoms with E-state index in [1.807, 2.05) is 36.4 Å². The molecule has 1 amide bonds. The van der Waals surface area contributed by atoms with Gasteiger partial charge in [-0.25, -0.2) is 0 Å². The number of aromatic hydroxyl groups is 1. The first-order valence-electron chi connectivity index (χ1n) is 7.55. The van der Waals surface area contributed by atoms with Crippen molar-refractivity contribution < 1.29 is 14.6 Å². The predicted molar refractivity (Wildman–Crippen MR) is 99.1 cm³/mol. The Hall–Kier alpha value is -2.78. The van der Waals surface area contributed by atoms with E-state index in [2.05, 4.69) is 21.2 Å². The van der Waals surface area contributed by atoms with Gasteiger partial charge in [-0.1, -0.05) is 46.3 Å². The number of nitrogens with one attached hydrogen (secondary N) is 1. The van der Waals surface area contributed by atoms with Crippen LogP contribution in [0.1, 0.15) is 11.1 Å². The highest BCUT2D eigenvalue weighted by Crippen LogP contribution is 2.33. The number of nitrogens with zero attached hydrogens (tertiary/aromatic N) is 1. The van der Waals surface area contributed by atoms with Crippen molar-refractivity contribution in [3.63, 3.8) is 0 Å². The summed E-state index contributed by atoms with van der Waals surface area (Å²) in [6.45, 7) is 0.427. The number of methoxy groups -OCH3 is 1. The first-order valence-corrected chi connectivity index (χ1v) is 8.35. The molecule has 0 saturated heterocycles. The fraction of sp³-hybridized carbons (Fsp3) is 0.158. The van der Waals surface area contributed by atoms with Crippen LogP contribution in [0.15, 0.2) is 52.5 Å². The molecule has 0 aliphatic carbocycles. The van der Waals surface area contributed by atoms with Crippen molar-refractivity contribution in [2.75, 3.05) is 13.7 Å². The van der Waals surface area contributed by atoms with E-state index in [-0.39, 0.29) is 11.3 Å². The SMILES string of the molecule is COc1cc(Br)c(/C=C(\C#N)C(=O)NCCc2ccccc2)cc1O. The molecule has 0 aliphatic rings. The smallest absolute Gasteiger partial charge is 0.261 e. The molecule has 0 bridgehead atoms. The summed E-state index contributed by atoms with van der Waals surface area (Å²) >= 11 is 3.34. The van der Waals surface area contributed by atoms with Gasteiger partial charge in [0.25, 0.3) is 5.91 Å². The zero-order chi connectivity index (χ0) is 18.2. The molecular weight excluding hydrogens is 384 g/mol. The van der Waals surface area contributed by atoms with Gasteiger partial charge in [-0.2, -0.15) is 5.26 Å². The Balaban J connectivity index is 2.08. The number of ether oxygens (including phenoxy) is 1. The number of carbonyl (C=O) groups is 1. The van der Waals surface area contributed by atoms with Gasteiger partial charge in [0.1, 0.15) is 11.6 Å². The zero-order valence-electron chi connectivity index (χ0n) is 13.6. The Morgan fingerprint density at radius 2 is 2.08 bits per heavy atom. The van der Waals surface area contributed by atoms with E-state index in [1.54, 1.807) is 6.07 Å². The van der Waals surface area contributed by atoms with Gasteiger partial charge in [0.15, 0.2) is 11.5 Å². The third-order valence-corrected chi connectivity index (χ3v) is 4.19. The number of phenolic OH excluding ortho intramolecular Hbond substituents is 1. The summed E-state index contributed by atoms with van der Waals surface area (Å²) in [5.74, 6) is -0.228. The van der Waals surface area contributed by atoms with Crippen molar-refractivity contribution in [3.8, 4) is 17.6 Å². The van der Waals surface area contributed by atoms with Crippen LogP contribution < -0.4 is 10.1 Å². The molecule has 0 heterocycles. The summed E-state index contributed by atoms with van der Waals surface area (Å²) in [4.78, 5) is 12.2. The summed E-state index contributed by atoms with van der Waals surface area (Å²) < 4.78 is 5.61. The fourth-order valence-corrected chi connectivity index (χ4v) is 2.64. The van der Waals surface area contributed by atoms with Gasteiger partial charge < -0.3 is 15.2 Å². The lowest BCUT2D eigenvalue weighted by molar-refractivity contribution is -0.117. The maximum absolute atomic E-state index is 12.2. The number of hydrogen-bond donors (Lipinski definition) is 2. The molecule has 2 N–H and O–H groups in total.